The summed E-state index contributed by atoms with van der Waals surface area (Å²) in [6.07, 6.45) is 7.32. The number of aromatic nitrogens is 4. The molecule has 162 valence electrons. The second-order valence-corrected chi connectivity index (χ2v) is 7.72. The maximum absolute atomic E-state index is 12.5. The number of piperidine rings is 1. The van der Waals surface area contributed by atoms with Crippen molar-refractivity contribution >= 4 is 22.8 Å². The van der Waals surface area contributed by atoms with Gasteiger partial charge in [0.25, 0.3) is 0 Å². The molecule has 1 aliphatic heterocycles. The fraction of sp³-hybridized carbons (Fsp3) is 0.435. The third kappa shape index (κ3) is 5.07. The van der Waals surface area contributed by atoms with Gasteiger partial charge in [-0.25, -0.2) is 9.97 Å². The molecular weight excluding hydrogens is 392 g/mol. The van der Waals surface area contributed by atoms with Gasteiger partial charge in [0.2, 0.25) is 11.9 Å². The van der Waals surface area contributed by atoms with E-state index in [9.17, 15) is 4.79 Å². The Morgan fingerprint density at radius 1 is 1.23 bits per heavy atom. The highest BCUT2D eigenvalue weighted by atomic mass is 16.5. The molecule has 3 aromatic rings. The quantitative estimate of drug-likeness (QED) is 0.628. The van der Waals surface area contributed by atoms with E-state index in [1.807, 2.05) is 32.0 Å². The Balaban J connectivity index is 1.33. The van der Waals surface area contributed by atoms with Crippen LogP contribution in [0.3, 0.4) is 0 Å². The Morgan fingerprint density at radius 3 is 2.81 bits per heavy atom. The number of carbonyl (C=O) groups excluding carboxylic acids is 1. The summed E-state index contributed by atoms with van der Waals surface area (Å²) >= 11 is 0. The van der Waals surface area contributed by atoms with Gasteiger partial charge in [-0.2, -0.15) is 0 Å². The highest BCUT2D eigenvalue weighted by Gasteiger charge is 2.26. The third-order valence-corrected chi connectivity index (χ3v) is 5.60. The highest BCUT2D eigenvalue weighted by molar-refractivity contribution is 5.83. The maximum atomic E-state index is 12.5. The summed E-state index contributed by atoms with van der Waals surface area (Å²) in [7, 11) is 0. The molecule has 0 aliphatic carbocycles. The number of amides is 1. The normalized spacial score (nSPS) is 14.6. The van der Waals surface area contributed by atoms with Gasteiger partial charge >= 0.3 is 0 Å². The van der Waals surface area contributed by atoms with Crippen molar-refractivity contribution in [3.05, 3.63) is 48.2 Å². The van der Waals surface area contributed by atoms with Gasteiger partial charge in [0.15, 0.2) is 0 Å². The van der Waals surface area contributed by atoms with Gasteiger partial charge in [-0.3, -0.25) is 14.8 Å². The van der Waals surface area contributed by atoms with Gasteiger partial charge in [0.1, 0.15) is 5.75 Å². The molecule has 1 aliphatic rings. The van der Waals surface area contributed by atoms with E-state index in [4.69, 9.17) is 14.7 Å². The van der Waals surface area contributed by atoms with E-state index in [1.54, 1.807) is 18.6 Å². The van der Waals surface area contributed by atoms with Crippen molar-refractivity contribution in [2.45, 2.75) is 33.1 Å². The fourth-order valence-electron chi connectivity index (χ4n) is 3.90. The number of hydrogen-bond donors (Lipinski definition) is 1. The van der Waals surface area contributed by atoms with Crippen LogP contribution in [0.4, 0.5) is 5.95 Å². The molecule has 0 saturated carbocycles. The number of nitrogens with zero attached hydrogens (tertiary/aromatic N) is 5. The van der Waals surface area contributed by atoms with Crippen molar-refractivity contribution < 1.29 is 9.53 Å². The van der Waals surface area contributed by atoms with E-state index in [0.717, 1.165) is 59.9 Å². The van der Waals surface area contributed by atoms with Crippen LogP contribution in [0.1, 0.15) is 31.2 Å². The number of carbonyl (C=O) groups is 1. The molecule has 1 aromatic carbocycles. The predicted molar refractivity (Wildman–Crippen MR) is 119 cm³/mol. The lowest BCUT2D eigenvalue weighted by atomic mass is 9.96. The largest absolute Gasteiger partial charge is 0.494 e. The van der Waals surface area contributed by atoms with Crippen LogP contribution in [0.2, 0.25) is 0 Å². The lowest BCUT2D eigenvalue weighted by Gasteiger charge is -2.31. The van der Waals surface area contributed by atoms with E-state index < -0.39 is 0 Å². The molecule has 0 unspecified atom stereocenters. The fourth-order valence-corrected chi connectivity index (χ4v) is 3.90. The van der Waals surface area contributed by atoms with Gasteiger partial charge in [-0.1, -0.05) is 0 Å². The number of ether oxygens (including phenoxy) is 1. The molecule has 4 rings (SSSR count). The van der Waals surface area contributed by atoms with Crippen LogP contribution in [0.5, 0.6) is 5.75 Å². The lowest BCUT2D eigenvalue weighted by Crippen LogP contribution is -2.41. The maximum Gasteiger partial charge on any atom is 0.226 e. The van der Waals surface area contributed by atoms with Gasteiger partial charge in [-0.05, 0) is 44.9 Å². The molecule has 8 heteroatoms. The van der Waals surface area contributed by atoms with Crippen molar-refractivity contribution in [1.82, 2.24) is 25.3 Å². The first-order chi connectivity index (χ1) is 15.1. The number of rotatable bonds is 7. The van der Waals surface area contributed by atoms with Crippen LogP contribution in [0.15, 0.2) is 36.8 Å². The zero-order valence-electron chi connectivity index (χ0n) is 18.0. The minimum Gasteiger partial charge on any atom is -0.494 e. The number of nitrogens with one attached hydrogen (secondary N) is 1. The molecule has 1 amide bonds. The Bertz CT molecular complexity index is 1030. The third-order valence-electron chi connectivity index (χ3n) is 5.60. The molecule has 0 atom stereocenters. The zero-order chi connectivity index (χ0) is 21.6. The van der Waals surface area contributed by atoms with E-state index in [1.165, 1.54) is 0 Å². The summed E-state index contributed by atoms with van der Waals surface area (Å²) in [5.41, 5.74) is 2.73. The van der Waals surface area contributed by atoms with Crippen LogP contribution < -0.4 is 15.0 Å². The van der Waals surface area contributed by atoms with Gasteiger partial charge < -0.3 is 15.0 Å². The van der Waals surface area contributed by atoms with E-state index >= 15 is 0 Å². The first kappa shape index (κ1) is 21.0. The zero-order valence-corrected chi connectivity index (χ0v) is 18.0. The van der Waals surface area contributed by atoms with E-state index in [2.05, 4.69) is 20.2 Å². The average Bonchev–Trinajstić information content (AvgIpc) is 2.80. The Labute approximate surface area is 182 Å². The second-order valence-electron chi connectivity index (χ2n) is 7.72. The summed E-state index contributed by atoms with van der Waals surface area (Å²) < 4.78 is 5.59. The van der Waals surface area contributed by atoms with Gasteiger partial charge in [0.05, 0.1) is 23.5 Å². The molecule has 1 N–H and O–H groups in total. The van der Waals surface area contributed by atoms with Crippen molar-refractivity contribution in [2.75, 3.05) is 31.1 Å². The van der Waals surface area contributed by atoms with Gasteiger partial charge in [0, 0.05) is 55.9 Å². The van der Waals surface area contributed by atoms with Crippen LogP contribution in [0.25, 0.3) is 10.9 Å². The minimum absolute atomic E-state index is 0.0217. The predicted octanol–water partition coefficient (Wildman–Crippen LogP) is 2.70. The first-order valence-electron chi connectivity index (χ1n) is 10.8. The smallest absolute Gasteiger partial charge is 0.226 e. The number of hydrogen-bond acceptors (Lipinski definition) is 7. The second kappa shape index (κ2) is 9.68. The monoisotopic (exact) mass is 420 g/mol. The van der Waals surface area contributed by atoms with Crippen molar-refractivity contribution in [3.63, 3.8) is 0 Å². The molecule has 0 bridgehead atoms. The first-order valence-corrected chi connectivity index (χ1v) is 10.8. The average molecular weight is 421 g/mol. The SMILES string of the molecule is CCOc1ccc2nc(N3CCC(C(=O)NCCc4cnccn4)CC3)nc(C)c2c1. The Morgan fingerprint density at radius 2 is 2.06 bits per heavy atom. The number of anilines is 1. The summed E-state index contributed by atoms with van der Waals surface area (Å²) in [5, 5.41) is 4.04. The van der Waals surface area contributed by atoms with E-state index in [-0.39, 0.29) is 11.8 Å². The summed E-state index contributed by atoms with van der Waals surface area (Å²) in [4.78, 5) is 32.5. The van der Waals surface area contributed by atoms with Gasteiger partial charge in [-0.15, -0.1) is 0 Å². The molecule has 31 heavy (non-hydrogen) atoms. The van der Waals surface area contributed by atoms with Crippen LogP contribution in [0, 0.1) is 12.8 Å². The molecular formula is C23H28N6O2. The molecule has 0 radical (unpaired) electrons. The lowest BCUT2D eigenvalue weighted by molar-refractivity contribution is -0.125. The number of benzene rings is 1. The molecule has 1 saturated heterocycles. The van der Waals surface area contributed by atoms with Crippen molar-refractivity contribution in [3.8, 4) is 5.75 Å². The molecule has 1 fully saturated rings. The molecule has 0 spiro atoms. The molecule has 8 nitrogen and oxygen atoms in total. The topological polar surface area (TPSA) is 93.1 Å². The van der Waals surface area contributed by atoms with Crippen LogP contribution in [-0.2, 0) is 11.2 Å². The Kier molecular flexibility index (Phi) is 6.54. The summed E-state index contributed by atoms with van der Waals surface area (Å²) in [6, 6.07) is 5.92. The van der Waals surface area contributed by atoms with Crippen molar-refractivity contribution in [2.24, 2.45) is 5.92 Å². The minimum atomic E-state index is 0.0217. The van der Waals surface area contributed by atoms with E-state index in [0.29, 0.717) is 19.6 Å². The standard InChI is InChI=1S/C23H28N6O2/c1-3-31-19-4-5-21-20(14-19)16(2)27-23(28-21)29-12-7-17(8-13-29)22(30)26-9-6-18-15-24-10-11-25-18/h4-5,10-11,14-15,17H,3,6-9,12-13H2,1-2H3,(H,26,30). The highest BCUT2D eigenvalue weighted by Crippen LogP contribution is 2.26. The van der Waals surface area contributed by atoms with Crippen LogP contribution in [-0.4, -0.2) is 52.1 Å². The number of fused-ring (bicyclic) bond motifs is 1. The molecule has 2 aromatic heterocycles. The summed E-state index contributed by atoms with van der Waals surface area (Å²) in [5.74, 6) is 1.70. The molecule has 3 heterocycles. The van der Waals surface area contributed by atoms with Crippen LogP contribution >= 0.6 is 0 Å². The number of aryl methyl sites for hydroxylation is 1. The van der Waals surface area contributed by atoms with Crippen molar-refractivity contribution in [1.29, 1.82) is 0 Å². The summed E-state index contributed by atoms with van der Waals surface area (Å²) in [6.45, 7) is 6.72. The Hall–Kier alpha value is -3.29.